The van der Waals surface area contributed by atoms with Crippen molar-refractivity contribution in [2.45, 2.75) is 33.2 Å². The van der Waals surface area contributed by atoms with Crippen molar-refractivity contribution in [3.63, 3.8) is 0 Å². The van der Waals surface area contributed by atoms with Crippen molar-refractivity contribution in [2.24, 2.45) is 11.7 Å². The van der Waals surface area contributed by atoms with Crippen LogP contribution in [0.2, 0.25) is 0 Å². The van der Waals surface area contributed by atoms with Gasteiger partial charge in [0.25, 0.3) is 5.56 Å². The molecule has 0 fully saturated rings. The van der Waals surface area contributed by atoms with E-state index in [-0.39, 0.29) is 29.5 Å². The number of fused-ring (bicyclic) bond motifs is 3. The number of hydrogen-bond acceptors (Lipinski definition) is 4. The van der Waals surface area contributed by atoms with E-state index in [2.05, 4.69) is 39.7 Å². The van der Waals surface area contributed by atoms with Gasteiger partial charge in [0, 0.05) is 23.0 Å². The third-order valence-electron chi connectivity index (χ3n) is 4.29. The highest BCUT2D eigenvalue weighted by atomic mass is 79.9. The first kappa shape index (κ1) is 18.8. The Morgan fingerprint density at radius 3 is 2.81 bits per heavy atom. The Morgan fingerprint density at radius 1 is 1.38 bits per heavy atom. The van der Waals surface area contributed by atoms with Crippen molar-refractivity contribution in [3.8, 4) is 5.75 Å². The van der Waals surface area contributed by atoms with Gasteiger partial charge in [-0.05, 0) is 47.3 Å². The number of pyridine rings is 2. The third-order valence-corrected chi connectivity index (χ3v) is 4.88. The van der Waals surface area contributed by atoms with Gasteiger partial charge in [0.1, 0.15) is 6.61 Å². The predicted molar refractivity (Wildman–Crippen MR) is 105 cm³/mol. The Balaban J connectivity index is 2.11. The zero-order chi connectivity index (χ0) is 19.0. The topological polar surface area (TPSA) is 81.0 Å². The lowest BCUT2D eigenvalue weighted by Gasteiger charge is -2.17. The fraction of sp³-hybridized carbons (Fsp3) is 0.368. The molecule has 0 saturated heterocycles. The number of benzene rings is 1. The maximum absolute atomic E-state index is 15.1. The number of aromatic nitrogens is 2. The molecule has 0 spiro atoms. The second-order valence-corrected chi connectivity index (χ2v) is 7.75. The molecule has 7 heteroatoms. The van der Waals surface area contributed by atoms with Crippen molar-refractivity contribution >= 4 is 37.6 Å². The summed E-state index contributed by atoms with van der Waals surface area (Å²) in [5, 5.41) is 1.70. The molecule has 3 rings (SSSR count). The van der Waals surface area contributed by atoms with Crippen molar-refractivity contribution in [1.82, 2.24) is 9.97 Å². The predicted octanol–water partition coefficient (Wildman–Crippen LogP) is 4.04. The van der Waals surface area contributed by atoms with Gasteiger partial charge >= 0.3 is 0 Å². The van der Waals surface area contributed by atoms with Gasteiger partial charge in [-0.25, -0.2) is 4.39 Å². The van der Waals surface area contributed by atoms with Crippen LogP contribution in [0.1, 0.15) is 26.0 Å². The minimum atomic E-state index is -0.611. The van der Waals surface area contributed by atoms with Crippen LogP contribution in [0.15, 0.2) is 27.6 Å². The molecule has 1 atom stereocenters. The summed E-state index contributed by atoms with van der Waals surface area (Å²) in [6.07, 6.45) is 2.39. The van der Waals surface area contributed by atoms with E-state index in [4.69, 9.17) is 10.5 Å². The van der Waals surface area contributed by atoms with E-state index in [9.17, 15) is 4.79 Å². The van der Waals surface area contributed by atoms with Crippen LogP contribution >= 0.6 is 15.9 Å². The zero-order valence-electron chi connectivity index (χ0n) is 14.9. The first-order chi connectivity index (χ1) is 12.3. The first-order valence-electron chi connectivity index (χ1n) is 8.47. The second-order valence-electron chi connectivity index (χ2n) is 6.90. The summed E-state index contributed by atoms with van der Waals surface area (Å²) in [7, 11) is 0. The number of nitrogens with one attached hydrogen (secondary N) is 1. The van der Waals surface area contributed by atoms with Gasteiger partial charge in [0.05, 0.1) is 21.1 Å². The average Bonchev–Trinajstić information content (AvgIpc) is 2.55. The number of nitrogens with two attached hydrogens (primary N) is 1. The van der Waals surface area contributed by atoms with Crippen molar-refractivity contribution in [3.05, 3.63) is 44.7 Å². The van der Waals surface area contributed by atoms with Crippen molar-refractivity contribution in [2.75, 3.05) is 6.61 Å². The molecule has 3 aromatic rings. The molecule has 2 aromatic heterocycles. The monoisotopic (exact) mass is 421 g/mol. The van der Waals surface area contributed by atoms with Crippen LogP contribution in [0.5, 0.6) is 5.75 Å². The molecule has 0 saturated carbocycles. The molecule has 0 radical (unpaired) electrons. The molecular formula is C19H21BrFN3O2. The fourth-order valence-corrected chi connectivity index (χ4v) is 3.70. The fourth-order valence-electron chi connectivity index (χ4n) is 3.19. The highest BCUT2D eigenvalue weighted by molar-refractivity contribution is 9.10. The number of H-pyrrole nitrogens is 1. The van der Waals surface area contributed by atoms with Gasteiger partial charge in [-0.15, -0.1) is 0 Å². The van der Waals surface area contributed by atoms with E-state index in [1.165, 1.54) is 0 Å². The second kappa shape index (κ2) is 7.32. The zero-order valence-corrected chi connectivity index (χ0v) is 16.5. The molecule has 0 aliphatic rings. The average molecular weight is 422 g/mol. The molecule has 1 unspecified atom stereocenters. The number of halogens is 2. The number of rotatable bonds is 5. The van der Waals surface area contributed by atoms with Crippen LogP contribution in [0.3, 0.4) is 0 Å². The van der Waals surface area contributed by atoms with E-state index in [0.717, 1.165) is 6.42 Å². The maximum atomic E-state index is 15.1. The van der Waals surface area contributed by atoms with Crippen LogP contribution < -0.4 is 16.0 Å². The highest BCUT2D eigenvalue weighted by Gasteiger charge is 2.19. The molecule has 3 N–H and O–H groups in total. The first-order valence-corrected chi connectivity index (χ1v) is 9.26. The van der Waals surface area contributed by atoms with E-state index in [1.807, 2.05) is 0 Å². The van der Waals surface area contributed by atoms with Gasteiger partial charge < -0.3 is 15.5 Å². The van der Waals surface area contributed by atoms with Gasteiger partial charge in [0.2, 0.25) is 0 Å². The molecule has 0 aliphatic heterocycles. The Labute approximate surface area is 158 Å². The summed E-state index contributed by atoms with van der Waals surface area (Å²) < 4.78 is 21.2. The van der Waals surface area contributed by atoms with Gasteiger partial charge in [0.15, 0.2) is 11.6 Å². The number of aromatic amines is 1. The summed E-state index contributed by atoms with van der Waals surface area (Å²) in [6.45, 7) is 6.08. The lowest BCUT2D eigenvalue weighted by Crippen LogP contribution is -2.29. The number of ether oxygens (including phenoxy) is 1. The normalized spacial score (nSPS) is 12.9. The molecule has 0 amide bonds. The highest BCUT2D eigenvalue weighted by Crippen LogP contribution is 2.36. The maximum Gasteiger partial charge on any atom is 0.258 e. The van der Waals surface area contributed by atoms with Crippen LogP contribution in [0.25, 0.3) is 21.7 Å². The van der Waals surface area contributed by atoms with E-state index in [1.54, 1.807) is 25.3 Å². The van der Waals surface area contributed by atoms with Gasteiger partial charge in [-0.3, -0.25) is 9.78 Å². The Hall–Kier alpha value is -1.99. The standard InChI is InChI=1S/C19H21BrFN3O2/c1-9(2)6-11(22)8-26-18-14(20)7-13-12-4-5-23-10(3)15(12)19(25)24-17(13)16(18)21/h4-5,7,9,11H,6,8,22H2,1-3H3,(H,24,25). The van der Waals surface area contributed by atoms with Crippen LogP contribution in [-0.2, 0) is 0 Å². The van der Waals surface area contributed by atoms with Crippen molar-refractivity contribution in [1.29, 1.82) is 0 Å². The van der Waals surface area contributed by atoms with Crippen LogP contribution in [0.4, 0.5) is 4.39 Å². The van der Waals surface area contributed by atoms with E-state index >= 15 is 4.39 Å². The Bertz CT molecular complexity index is 1030. The van der Waals surface area contributed by atoms with Crippen LogP contribution in [-0.4, -0.2) is 22.6 Å². The summed E-state index contributed by atoms with van der Waals surface area (Å²) in [4.78, 5) is 19.2. The smallest absolute Gasteiger partial charge is 0.258 e. The van der Waals surface area contributed by atoms with E-state index in [0.29, 0.717) is 32.2 Å². The molecule has 26 heavy (non-hydrogen) atoms. The Kier molecular flexibility index (Phi) is 5.29. The number of hydrogen-bond donors (Lipinski definition) is 2. The summed E-state index contributed by atoms with van der Waals surface area (Å²) in [5.41, 5.74) is 6.36. The van der Waals surface area contributed by atoms with Gasteiger partial charge in [-0.2, -0.15) is 0 Å². The largest absolute Gasteiger partial charge is 0.488 e. The minimum absolute atomic E-state index is 0.0532. The number of nitrogens with zero attached hydrogens (tertiary/aromatic N) is 1. The molecule has 2 heterocycles. The quantitative estimate of drug-likeness (QED) is 0.609. The molecular weight excluding hydrogens is 401 g/mol. The van der Waals surface area contributed by atoms with E-state index < -0.39 is 5.82 Å². The third kappa shape index (κ3) is 3.46. The molecule has 0 aliphatic carbocycles. The summed E-state index contributed by atoms with van der Waals surface area (Å²) in [6, 6.07) is 3.27. The number of aryl methyl sites for hydroxylation is 1. The summed E-state index contributed by atoms with van der Waals surface area (Å²) in [5.74, 6) is -0.130. The van der Waals surface area contributed by atoms with Crippen molar-refractivity contribution < 1.29 is 9.13 Å². The van der Waals surface area contributed by atoms with Crippen LogP contribution in [0, 0.1) is 18.7 Å². The SMILES string of the molecule is Cc1nccc2c1c(=O)[nH]c1c(F)c(OCC(N)CC(C)C)c(Br)cc12. The molecule has 1 aromatic carbocycles. The van der Waals surface area contributed by atoms with Gasteiger partial charge in [-0.1, -0.05) is 13.8 Å². The lowest BCUT2D eigenvalue weighted by molar-refractivity contribution is 0.259. The molecule has 0 bridgehead atoms. The Morgan fingerprint density at radius 2 is 2.12 bits per heavy atom. The molecule has 138 valence electrons. The lowest BCUT2D eigenvalue weighted by atomic mass is 10.1. The summed E-state index contributed by atoms with van der Waals surface area (Å²) >= 11 is 3.38. The minimum Gasteiger partial charge on any atom is -0.488 e. The molecule has 5 nitrogen and oxygen atoms in total.